The molecule has 0 radical (unpaired) electrons. The number of aromatic nitrogens is 1. The van der Waals surface area contributed by atoms with Gasteiger partial charge < -0.3 is 5.32 Å². The van der Waals surface area contributed by atoms with Gasteiger partial charge in [-0.25, -0.2) is 4.98 Å². The number of anilines is 2. The van der Waals surface area contributed by atoms with Crippen LogP contribution in [0.15, 0.2) is 51.4 Å². The summed E-state index contributed by atoms with van der Waals surface area (Å²) in [4.78, 5) is 4.56. The predicted octanol–water partition coefficient (Wildman–Crippen LogP) is 5.56. The van der Waals surface area contributed by atoms with Crippen LogP contribution in [0.1, 0.15) is 0 Å². The molecule has 1 N–H and O–H groups in total. The Morgan fingerprint density at radius 3 is 2.72 bits per heavy atom. The number of hydrogen-bond acceptors (Lipinski definition) is 3. The average molecular weight is 384 g/mol. The van der Waals surface area contributed by atoms with Crippen molar-refractivity contribution in [2.24, 2.45) is 0 Å². The topological polar surface area (TPSA) is 24.9 Å². The van der Waals surface area contributed by atoms with Crippen LogP contribution in [0.4, 0.5) is 10.8 Å². The highest BCUT2D eigenvalue weighted by atomic mass is 79.9. The highest BCUT2D eigenvalue weighted by Crippen LogP contribution is 2.32. The van der Waals surface area contributed by atoms with E-state index in [1.165, 1.54) is 4.70 Å². The van der Waals surface area contributed by atoms with Gasteiger partial charge in [0.05, 0.1) is 15.9 Å². The number of hydrogen-bond donors (Lipinski definition) is 1. The first kappa shape index (κ1) is 12.1. The molecule has 0 bridgehead atoms. The molecule has 3 aromatic rings. The largest absolute Gasteiger partial charge is 0.331 e. The van der Waals surface area contributed by atoms with E-state index in [0.29, 0.717) is 0 Å². The van der Waals surface area contributed by atoms with Crippen LogP contribution in [0.5, 0.6) is 0 Å². The first-order valence-corrected chi connectivity index (χ1v) is 7.70. The third kappa shape index (κ3) is 2.43. The van der Waals surface area contributed by atoms with E-state index >= 15 is 0 Å². The minimum Gasteiger partial charge on any atom is -0.331 e. The quantitative estimate of drug-likeness (QED) is 0.626. The van der Waals surface area contributed by atoms with Crippen molar-refractivity contribution in [3.63, 3.8) is 0 Å². The van der Waals surface area contributed by atoms with E-state index in [1.54, 1.807) is 11.3 Å². The Kier molecular flexibility index (Phi) is 3.37. The van der Waals surface area contributed by atoms with Crippen molar-refractivity contribution in [2.75, 3.05) is 5.32 Å². The van der Waals surface area contributed by atoms with Crippen molar-refractivity contribution in [3.05, 3.63) is 51.4 Å². The van der Waals surface area contributed by atoms with E-state index < -0.39 is 0 Å². The van der Waals surface area contributed by atoms with Crippen LogP contribution in [0, 0.1) is 0 Å². The molecular formula is C13H8Br2N2S. The molecule has 0 aliphatic rings. The van der Waals surface area contributed by atoms with Crippen LogP contribution >= 0.6 is 43.2 Å². The summed E-state index contributed by atoms with van der Waals surface area (Å²) in [6.45, 7) is 0. The summed E-state index contributed by atoms with van der Waals surface area (Å²) in [5.74, 6) is 0. The third-order valence-corrected chi connectivity index (χ3v) is 4.58. The average Bonchev–Trinajstić information content (AvgIpc) is 2.73. The second-order valence-electron chi connectivity index (χ2n) is 3.74. The van der Waals surface area contributed by atoms with Crippen molar-refractivity contribution in [1.29, 1.82) is 0 Å². The lowest BCUT2D eigenvalue weighted by molar-refractivity contribution is 1.43. The van der Waals surface area contributed by atoms with E-state index in [-0.39, 0.29) is 0 Å². The minimum absolute atomic E-state index is 0.898. The Labute approximate surface area is 125 Å². The molecule has 2 aromatic carbocycles. The molecule has 0 aliphatic carbocycles. The van der Waals surface area contributed by atoms with Gasteiger partial charge in [0.15, 0.2) is 5.13 Å². The van der Waals surface area contributed by atoms with Crippen LogP contribution in [0.3, 0.4) is 0 Å². The van der Waals surface area contributed by atoms with Gasteiger partial charge >= 0.3 is 0 Å². The maximum absolute atomic E-state index is 4.56. The lowest BCUT2D eigenvalue weighted by Crippen LogP contribution is -1.89. The van der Waals surface area contributed by atoms with E-state index in [0.717, 1.165) is 25.3 Å². The van der Waals surface area contributed by atoms with E-state index in [1.807, 2.05) is 36.4 Å². The van der Waals surface area contributed by atoms with Gasteiger partial charge in [-0.3, -0.25) is 0 Å². The molecule has 0 spiro atoms. The number of thiazole rings is 1. The standard InChI is InChI=1S/C13H8Br2N2S/c14-8-5-6-11-12(7-8)18-13(17-11)16-10-4-2-1-3-9(10)15/h1-7H,(H,16,17). The van der Waals surface area contributed by atoms with Crippen LogP contribution < -0.4 is 5.32 Å². The van der Waals surface area contributed by atoms with E-state index in [4.69, 9.17) is 0 Å². The van der Waals surface area contributed by atoms with Crippen LogP contribution in [-0.4, -0.2) is 4.98 Å². The lowest BCUT2D eigenvalue weighted by Gasteiger charge is -2.03. The van der Waals surface area contributed by atoms with E-state index in [2.05, 4.69) is 48.2 Å². The normalized spacial score (nSPS) is 10.8. The molecule has 0 unspecified atom stereocenters. The minimum atomic E-state index is 0.898. The third-order valence-electron chi connectivity index (χ3n) is 2.47. The molecule has 5 heteroatoms. The molecule has 90 valence electrons. The number of nitrogens with one attached hydrogen (secondary N) is 1. The SMILES string of the molecule is Brc1ccc2nc(Nc3ccccc3Br)sc2c1. The lowest BCUT2D eigenvalue weighted by atomic mass is 10.3. The summed E-state index contributed by atoms with van der Waals surface area (Å²) in [7, 11) is 0. The van der Waals surface area contributed by atoms with Gasteiger partial charge in [0.1, 0.15) is 0 Å². The van der Waals surface area contributed by atoms with Gasteiger partial charge in [0.25, 0.3) is 0 Å². The van der Waals surface area contributed by atoms with Gasteiger partial charge in [0, 0.05) is 8.95 Å². The fourth-order valence-electron chi connectivity index (χ4n) is 1.63. The monoisotopic (exact) mass is 382 g/mol. The molecule has 1 heterocycles. The second-order valence-corrected chi connectivity index (χ2v) is 6.54. The zero-order chi connectivity index (χ0) is 12.5. The molecule has 0 amide bonds. The Balaban J connectivity index is 1.98. The van der Waals surface area contributed by atoms with E-state index in [9.17, 15) is 0 Å². The molecule has 0 fully saturated rings. The zero-order valence-corrected chi connectivity index (χ0v) is 13.1. The highest BCUT2D eigenvalue weighted by molar-refractivity contribution is 9.10. The summed E-state index contributed by atoms with van der Waals surface area (Å²) in [6.07, 6.45) is 0. The summed E-state index contributed by atoms with van der Waals surface area (Å²) >= 11 is 8.63. The summed E-state index contributed by atoms with van der Waals surface area (Å²) in [5.41, 5.74) is 2.04. The smallest absolute Gasteiger partial charge is 0.188 e. The second kappa shape index (κ2) is 4.99. The van der Waals surface area contributed by atoms with Crippen LogP contribution in [0.25, 0.3) is 10.2 Å². The zero-order valence-electron chi connectivity index (χ0n) is 9.15. The first-order valence-electron chi connectivity index (χ1n) is 5.30. The van der Waals surface area contributed by atoms with Crippen LogP contribution in [-0.2, 0) is 0 Å². The molecule has 3 rings (SSSR count). The van der Waals surface area contributed by atoms with Crippen molar-refractivity contribution < 1.29 is 0 Å². The Hall–Kier alpha value is -0.910. The molecule has 0 aliphatic heterocycles. The Bertz CT molecular complexity index is 709. The summed E-state index contributed by atoms with van der Waals surface area (Å²) in [6, 6.07) is 14.1. The van der Waals surface area contributed by atoms with Crippen molar-refractivity contribution in [3.8, 4) is 0 Å². The van der Waals surface area contributed by atoms with Crippen molar-refractivity contribution >= 4 is 64.2 Å². The number of fused-ring (bicyclic) bond motifs is 1. The summed E-state index contributed by atoms with van der Waals surface area (Å²) < 4.78 is 3.27. The van der Waals surface area contributed by atoms with Crippen LogP contribution in [0.2, 0.25) is 0 Å². The van der Waals surface area contributed by atoms with Gasteiger partial charge in [0.2, 0.25) is 0 Å². The Morgan fingerprint density at radius 2 is 1.89 bits per heavy atom. The predicted molar refractivity (Wildman–Crippen MR) is 84.7 cm³/mol. The number of benzene rings is 2. The Morgan fingerprint density at radius 1 is 1.06 bits per heavy atom. The number of nitrogens with zero attached hydrogens (tertiary/aromatic N) is 1. The van der Waals surface area contributed by atoms with Crippen molar-refractivity contribution in [1.82, 2.24) is 4.98 Å². The molecule has 18 heavy (non-hydrogen) atoms. The molecule has 0 saturated heterocycles. The first-order chi connectivity index (χ1) is 8.72. The number of para-hydroxylation sites is 1. The molecular weight excluding hydrogens is 376 g/mol. The van der Waals surface area contributed by atoms with Gasteiger partial charge in [-0.2, -0.15) is 0 Å². The van der Waals surface area contributed by atoms with Gasteiger partial charge in [-0.1, -0.05) is 39.4 Å². The highest BCUT2D eigenvalue weighted by Gasteiger charge is 2.05. The molecule has 0 atom stereocenters. The van der Waals surface area contributed by atoms with Crippen molar-refractivity contribution in [2.45, 2.75) is 0 Å². The van der Waals surface area contributed by atoms with Gasteiger partial charge in [-0.15, -0.1) is 0 Å². The number of rotatable bonds is 2. The molecule has 1 aromatic heterocycles. The maximum Gasteiger partial charge on any atom is 0.188 e. The maximum atomic E-state index is 4.56. The fraction of sp³-hybridized carbons (Fsp3) is 0. The molecule has 0 saturated carbocycles. The summed E-state index contributed by atoms with van der Waals surface area (Å²) in [5, 5.41) is 4.22. The number of halogens is 2. The van der Waals surface area contributed by atoms with Gasteiger partial charge in [-0.05, 0) is 46.3 Å². The molecule has 2 nitrogen and oxygen atoms in total. The fourth-order valence-corrected chi connectivity index (χ4v) is 3.44.